The van der Waals surface area contributed by atoms with Crippen LogP contribution in [0.5, 0.6) is 0 Å². The minimum absolute atomic E-state index is 0.289. The van der Waals surface area contributed by atoms with Gasteiger partial charge in [-0.25, -0.2) is 0 Å². The van der Waals surface area contributed by atoms with Gasteiger partial charge < -0.3 is 41.3 Å². The van der Waals surface area contributed by atoms with Crippen molar-refractivity contribution in [3.05, 3.63) is 70.8 Å². The first kappa shape index (κ1) is 27.1. The highest BCUT2D eigenvalue weighted by molar-refractivity contribution is 5.95. The van der Waals surface area contributed by atoms with Crippen LogP contribution in [-0.4, -0.2) is 93.2 Å². The Kier molecular flexibility index (Phi) is 9.87. The van der Waals surface area contributed by atoms with Gasteiger partial charge in [-0.1, -0.05) is 36.4 Å². The molecule has 0 heterocycles. The average molecular weight is 475 g/mol. The van der Waals surface area contributed by atoms with Gasteiger partial charge in [0.1, 0.15) is 11.1 Å². The van der Waals surface area contributed by atoms with Crippen molar-refractivity contribution in [2.75, 3.05) is 39.6 Å². The summed E-state index contributed by atoms with van der Waals surface area (Å²) >= 11 is 0. The smallest absolute Gasteiger partial charge is 0.251 e. The minimum atomic E-state index is -1.51. The Balaban J connectivity index is 2.03. The first-order valence-electron chi connectivity index (χ1n) is 10.5. The molecule has 0 radical (unpaired) electrons. The van der Waals surface area contributed by atoms with E-state index in [1.54, 1.807) is 60.7 Å². The van der Waals surface area contributed by atoms with Crippen LogP contribution in [0.4, 0.5) is 0 Å². The molecular formula is C24H30N2O8. The van der Waals surface area contributed by atoms with E-state index in [0.717, 1.165) is 11.1 Å². The van der Waals surface area contributed by atoms with Gasteiger partial charge in [0.25, 0.3) is 11.8 Å². The monoisotopic (exact) mass is 474 g/mol. The molecule has 0 aliphatic carbocycles. The summed E-state index contributed by atoms with van der Waals surface area (Å²) in [6.07, 6.45) is 3.59. The van der Waals surface area contributed by atoms with Gasteiger partial charge in [-0.3, -0.25) is 9.59 Å². The van der Waals surface area contributed by atoms with Crippen LogP contribution in [0, 0.1) is 0 Å². The number of hydrogen-bond donors (Lipinski definition) is 8. The normalized spacial score (nSPS) is 12.1. The molecule has 10 nitrogen and oxygen atoms in total. The van der Waals surface area contributed by atoms with Crippen molar-refractivity contribution in [1.29, 1.82) is 0 Å². The summed E-state index contributed by atoms with van der Waals surface area (Å²) in [4.78, 5) is 24.6. The van der Waals surface area contributed by atoms with Crippen LogP contribution < -0.4 is 10.6 Å². The second kappa shape index (κ2) is 12.4. The standard InChI is InChI=1S/C24H30N2O8/c27-11-23(12-28,13-29)25-21(33)19-7-3-17(4-8-19)1-2-18-5-9-20(10-6-18)22(34)26-24(14-30,15-31)16-32/h1-10,27-32H,11-16H2,(H,25,33)(H,26,34)/b2-1+. The van der Waals surface area contributed by atoms with Gasteiger partial charge in [0, 0.05) is 11.1 Å². The van der Waals surface area contributed by atoms with Crippen molar-refractivity contribution in [2.24, 2.45) is 0 Å². The summed E-state index contributed by atoms with van der Waals surface area (Å²) in [5.41, 5.74) is -0.860. The van der Waals surface area contributed by atoms with Crippen LogP contribution in [0.15, 0.2) is 48.5 Å². The lowest BCUT2D eigenvalue weighted by atomic mass is 10.0. The molecule has 0 aliphatic heterocycles. The van der Waals surface area contributed by atoms with E-state index in [1.165, 1.54) is 0 Å². The van der Waals surface area contributed by atoms with E-state index >= 15 is 0 Å². The zero-order chi connectivity index (χ0) is 25.2. The van der Waals surface area contributed by atoms with Crippen molar-refractivity contribution in [3.63, 3.8) is 0 Å². The minimum Gasteiger partial charge on any atom is -0.394 e. The topological polar surface area (TPSA) is 180 Å². The molecule has 0 bridgehead atoms. The Labute approximate surface area is 196 Å². The molecule has 0 fully saturated rings. The predicted octanol–water partition coefficient (Wildman–Crippen LogP) is -1.25. The molecule has 2 rings (SSSR count). The number of carbonyl (C=O) groups is 2. The highest BCUT2D eigenvalue weighted by Gasteiger charge is 2.31. The summed E-state index contributed by atoms with van der Waals surface area (Å²) in [6.45, 7) is -3.68. The van der Waals surface area contributed by atoms with E-state index in [-0.39, 0.29) is 11.1 Å². The van der Waals surface area contributed by atoms with Crippen molar-refractivity contribution in [3.8, 4) is 0 Å². The molecule has 2 amide bonds. The molecule has 0 atom stereocenters. The largest absolute Gasteiger partial charge is 0.394 e. The number of nitrogens with one attached hydrogen (secondary N) is 2. The van der Waals surface area contributed by atoms with Gasteiger partial charge in [-0.05, 0) is 35.4 Å². The number of hydrogen-bond acceptors (Lipinski definition) is 8. The SMILES string of the molecule is O=C(NC(CO)(CO)CO)c1ccc(/C=C/c2ccc(C(=O)NC(CO)(CO)CO)cc2)cc1. The van der Waals surface area contributed by atoms with E-state index in [9.17, 15) is 40.2 Å². The number of rotatable bonds is 12. The molecule has 2 aromatic rings. The Morgan fingerprint density at radius 2 is 0.824 bits per heavy atom. The van der Waals surface area contributed by atoms with E-state index in [4.69, 9.17) is 0 Å². The second-order valence-electron chi connectivity index (χ2n) is 7.99. The van der Waals surface area contributed by atoms with Gasteiger partial charge in [0.05, 0.1) is 39.6 Å². The molecule has 10 heteroatoms. The van der Waals surface area contributed by atoms with E-state index in [1.807, 2.05) is 0 Å². The molecule has 8 N–H and O–H groups in total. The molecule has 184 valence electrons. The lowest BCUT2D eigenvalue weighted by molar-refractivity contribution is 0.0375. The fraction of sp³-hybridized carbons (Fsp3) is 0.333. The molecule has 0 aromatic heterocycles. The van der Waals surface area contributed by atoms with Crippen LogP contribution in [0.3, 0.4) is 0 Å². The number of amides is 2. The molecule has 2 aromatic carbocycles. The van der Waals surface area contributed by atoms with Gasteiger partial charge in [0.2, 0.25) is 0 Å². The Morgan fingerprint density at radius 1 is 0.559 bits per heavy atom. The van der Waals surface area contributed by atoms with Gasteiger partial charge in [-0.2, -0.15) is 0 Å². The van der Waals surface area contributed by atoms with E-state index in [0.29, 0.717) is 0 Å². The fourth-order valence-electron chi connectivity index (χ4n) is 2.85. The van der Waals surface area contributed by atoms with Crippen molar-refractivity contribution in [2.45, 2.75) is 11.1 Å². The maximum atomic E-state index is 12.3. The van der Waals surface area contributed by atoms with Gasteiger partial charge >= 0.3 is 0 Å². The third-order valence-electron chi connectivity index (χ3n) is 5.39. The highest BCUT2D eigenvalue weighted by atomic mass is 16.3. The molecule has 0 spiro atoms. The Bertz CT molecular complexity index is 869. The number of carbonyl (C=O) groups excluding carboxylic acids is 2. The number of aliphatic hydroxyl groups excluding tert-OH is 6. The van der Waals surface area contributed by atoms with Crippen LogP contribution in [0.2, 0.25) is 0 Å². The number of aliphatic hydroxyl groups is 6. The van der Waals surface area contributed by atoms with Crippen LogP contribution in [0.1, 0.15) is 31.8 Å². The van der Waals surface area contributed by atoms with Crippen molar-refractivity contribution >= 4 is 24.0 Å². The summed E-state index contributed by atoms with van der Waals surface area (Å²) in [7, 11) is 0. The molecule has 0 saturated heterocycles. The predicted molar refractivity (Wildman–Crippen MR) is 125 cm³/mol. The van der Waals surface area contributed by atoms with Gasteiger partial charge in [-0.15, -0.1) is 0 Å². The zero-order valence-corrected chi connectivity index (χ0v) is 18.5. The van der Waals surface area contributed by atoms with E-state index in [2.05, 4.69) is 10.6 Å². The summed E-state index contributed by atoms with van der Waals surface area (Å²) in [6, 6.07) is 13.1. The third kappa shape index (κ3) is 6.70. The molecule has 0 saturated carbocycles. The van der Waals surface area contributed by atoms with Crippen molar-refractivity contribution < 1.29 is 40.2 Å². The lowest BCUT2D eigenvalue weighted by Gasteiger charge is -2.28. The zero-order valence-electron chi connectivity index (χ0n) is 18.5. The Hall–Kier alpha value is -3.12. The van der Waals surface area contributed by atoms with Crippen LogP contribution in [-0.2, 0) is 0 Å². The first-order chi connectivity index (χ1) is 16.3. The van der Waals surface area contributed by atoms with E-state index < -0.39 is 62.5 Å². The first-order valence-corrected chi connectivity index (χ1v) is 10.5. The third-order valence-corrected chi connectivity index (χ3v) is 5.39. The lowest BCUT2D eigenvalue weighted by Crippen LogP contribution is -2.57. The molecular weight excluding hydrogens is 444 g/mol. The quantitative estimate of drug-likeness (QED) is 0.176. The van der Waals surface area contributed by atoms with Crippen molar-refractivity contribution in [1.82, 2.24) is 10.6 Å². The maximum Gasteiger partial charge on any atom is 0.251 e. The summed E-state index contributed by atoms with van der Waals surface area (Å²) in [5.74, 6) is -1.09. The second-order valence-corrected chi connectivity index (χ2v) is 7.99. The Morgan fingerprint density at radius 3 is 1.06 bits per heavy atom. The molecule has 0 aliphatic rings. The fourth-order valence-corrected chi connectivity index (χ4v) is 2.85. The van der Waals surface area contributed by atoms with Crippen LogP contribution in [0.25, 0.3) is 12.2 Å². The summed E-state index contributed by atoms with van der Waals surface area (Å²) < 4.78 is 0. The molecule has 0 unspecified atom stereocenters. The maximum absolute atomic E-state index is 12.3. The van der Waals surface area contributed by atoms with Crippen LogP contribution >= 0.6 is 0 Å². The summed E-state index contributed by atoms with van der Waals surface area (Å²) in [5, 5.41) is 60.8. The number of benzene rings is 2. The average Bonchev–Trinajstić information content (AvgIpc) is 2.89. The molecule has 34 heavy (non-hydrogen) atoms. The van der Waals surface area contributed by atoms with Gasteiger partial charge in [0.15, 0.2) is 0 Å². The highest BCUT2D eigenvalue weighted by Crippen LogP contribution is 2.13.